The summed E-state index contributed by atoms with van der Waals surface area (Å²) >= 11 is 7.35. The highest BCUT2D eigenvalue weighted by Crippen LogP contribution is 2.31. The molecule has 0 saturated heterocycles. The molecule has 0 fully saturated rings. The highest BCUT2D eigenvalue weighted by Gasteiger charge is 2.16. The van der Waals surface area contributed by atoms with Crippen LogP contribution < -0.4 is 5.32 Å². The zero-order valence-electron chi connectivity index (χ0n) is 10.5. The number of nitro benzene ring substituents is 1. The van der Waals surface area contributed by atoms with Crippen LogP contribution >= 0.6 is 22.9 Å². The minimum absolute atomic E-state index is 0.0377. The Kier molecular flexibility index (Phi) is 4.07. The Morgan fingerprint density at radius 3 is 2.74 bits per heavy atom. The average Bonchev–Trinajstić information content (AvgIpc) is 2.75. The van der Waals surface area contributed by atoms with Crippen molar-refractivity contribution in [2.45, 2.75) is 19.9 Å². The zero-order valence-corrected chi connectivity index (χ0v) is 12.1. The Morgan fingerprint density at radius 2 is 2.16 bits per heavy atom. The minimum Gasteiger partial charge on any atom is -0.373 e. The third kappa shape index (κ3) is 3.24. The predicted octanol–water partition coefficient (Wildman–Crippen LogP) is 4.79. The van der Waals surface area contributed by atoms with Gasteiger partial charge in [-0.05, 0) is 42.5 Å². The summed E-state index contributed by atoms with van der Waals surface area (Å²) in [7, 11) is 0. The molecule has 100 valence electrons. The van der Waals surface area contributed by atoms with Crippen molar-refractivity contribution in [3.8, 4) is 0 Å². The standard InChI is InChI=1S/C13H13ClN2O2S/c1-8-3-4-12(16(17)18)11(5-8)15-9(2)10-6-13(14)19-7-10/h3-7,9,15H,1-2H3. The van der Waals surface area contributed by atoms with Crippen molar-refractivity contribution in [3.63, 3.8) is 0 Å². The summed E-state index contributed by atoms with van der Waals surface area (Å²) in [5.74, 6) is 0. The van der Waals surface area contributed by atoms with Crippen LogP contribution in [-0.2, 0) is 0 Å². The molecule has 0 aliphatic carbocycles. The fourth-order valence-electron chi connectivity index (χ4n) is 1.79. The van der Waals surface area contributed by atoms with E-state index in [0.717, 1.165) is 11.1 Å². The molecule has 19 heavy (non-hydrogen) atoms. The van der Waals surface area contributed by atoms with Gasteiger partial charge in [-0.3, -0.25) is 10.1 Å². The average molecular weight is 297 g/mol. The van der Waals surface area contributed by atoms with Crippen molar-refractivity contribution >= 4 is 34.3 Å². The molecule has 1 unspecified atom stereocenters. The fourth-order valence-corrected chi connectivity index (χ4v) is 2.78. The molecule has 1 aromatic carbocycles. The molecule has 0 amide bonds. The SMILES string of the molecule is Cc1ccc([N+](=O)[O-])c(NC(C)c2csc(Cl)c2)c1. The Hall–Kier alpha value is -1.59. The van der Waals surface area contributed by atoms with Crippen LogP contribution in [0.25, 0.3) is 0 Å². The monoisotopic (exact) mass is 296 g/mol. The van der Waals surface area contributed by atoms with Crippen molar-refractivity contribution < 1.29 is 4.92 Å². The number of rotatable bonds is 4. The van der Waals surface area contributed by atoms with Crippen molar-refractivity contribution in [2.24, 2.45) is 0 Å². The van der Waals surface area contributed by atoms with Crippen molar-refractivity contribution in [1.29, 1.82) is 0 Å². The normalized spacial score (nSPS) is 12.2. The highest BCUT2D eigenvalue weighted by molar-refractivity contribution is 7.14. The maximum absolute atomic E-state index is 11.0. The Labute approximate surface area is 120 Å². The number of nitrogens with one attached hydrogen (secondary N) is 1. The number of nitrogens with zero attached hydrogens (tertiary/aromatic N) is 1. The quantitative estimate of drug-likeness (QED) is 0.652. The van der Waals surface area contributed by atoms with Crippen LogP contribution in [0.5, 0.6) is 0 Å². The molecular weight excluding hydrogens is 284 g/mol. The number of hydrogen-bond acceptors (Lipinski definition) is 4. The van der Waals surface area contributed by atoms with Gasteiger partial charge >= 0.3 is 0 Å². The van der Waals surface area contributed by atoms with Gasteiger partial charge in [0.15, 0.2) is 0 Å². The van der Waals surface area contributed by atoms with E-state index in [1.165, 1.54) is 17.4 Å². The van der Waals surface area contributed by atoms with Crippen LogP contribution in [-0.4, -0.2) is 4.92 Å². The first-order chi connectivity index (χ1) is 8.97. The first-order valence-electron chi connectivity index (χ1n) is 5.73. The molecule has 6 heteroatoms. The summed E-state index contributed by atoms with van der Waals surface area (Å²) < 4.78 is 0.711. The van der Waals surface area contributed by atoms with E-state index in [9.17, 15) is 10.1 Å². The molecule has 1 atom stereocenters. The maximum Gasteiger partial charge on any atom is 0.292 e. The summed E-state index contributed by atoms with van der Waals surface area (Å²) in [6.45, 7) is 3.85. The van der Waals surface area contributed by atoms with Crippen LogP contribution in [0.15, 0.2) is 29.6 Å². The van der Waals surface area contributed by atoms with Crippen LogP contribution in [0.2, 0.25) is 4.34 Å². The van der Waals surface area contributed by atoms with E-state index in [2.05, 4.69) is 5.32 Å². The van der Waals surface area contributed by atoms with Gasteiger partial charge in [0, 0.05) is 12.1 Å². The molecule has 1 heterocycles. The van der Waals surface area contributed by atoms with Gasteiger partial charge in [-0.1, -0.05) is 17.7 Å². The second-order valence-corrected chi connectivity index (χ2v) is 5.87. The largest absolute Gasteiger partial charge is 0.373 e. The molecule has 2 rings (SSSR count). The van der Waals surface area contributed by atoms with Crippen molar-refractivity contribution in [3.05, 3.63) is 55.2 Å². The number of halogens is 1. The number of hydrogen-bond donors (Lipinski definition) is 1. The van der Waals surface area contributed by atoms with E-state index >= 15 is 0 Å². The molecule has 2 aromatic rings. The third-order valence-corrected chi connectivity index (χ3v) is 3.92. The minimum atomic E-state index is -0.380. The Balaban J connectivity index is 2.27. The lowest BCUT2D eigenvalue weighted by molar-refractivity contribution is -0.384. The lowest BCUT2D eigenvalue weighted by Gasteiger charge is -2.14. The summed E-state index contributed by atoms with van der Waals surface area (Å²) in [6.07, 6.45) is 0. The van der Waals surface area contributed by atoms with E-state index in [0.29, 0.717) is 10.0 Å². The van der Waals surface area contributed by atoms with E-state index in [-0.39, 0.29) is 16.7 Å². The van der Waals surface area contributed by atoms with Gasteiger partial charge in [0.25, 0.3) is 5.69 Å². The highest BCUT2D eigenvalue weighted by atomic mass is 35.5. The third-order valence-electron chi connectivity index (χ3n) is 2.81. The summed E-state index contributed by atoms with van der Waals surface area (Å²) in [4.78, 5) is 10.6. The van der Waals surface area contributed by atoms with Crippen LogP contribution in [0.1, 0.15) is 24.1 Å². The number of anilines is 1. The molecule has 0 spiro atoms. The Bertz CT molecular complexity index is 612. The van der Waals surface area contributed by atoms with Gasteiger partial charge < -0.3 is 5.32 Å². The second kappa shape index (κ2) is 5.59. The van der Waals surface area contributed by atoms with Crippen LogP contribution in [0.3, 0.4) is 0 Å². The van der Waals surface area contributed by atoms with Gasteiger partial charge in [-0.15, -0.1) is 11.3 Å². The molecule has 1 N–H and O–H groups in total. The fraction of sp³-hybridized carbons (Fsp3) is 0.231. The molecule has 4 nitrogen and oxygen atoms in total. The van der Waals surface area contributed by atoms with E-state index in [1.54, 1.807) is 12.1 Å². The van der Waals surface area contributed by atoms with E-state index in [4.69, 9.17) is 11.6 Å². The van der Waals surface area contributed by atoms with Gasteiger partial charge in [-0.25, -0.2) is 0 Å². The van der Waals surface area contributed by atoms with Crippen LogP contribution in [0.4, 0.5) is 11.4 Å². The lowest BCUT2D eigenvalue weighted by atomic mass is 10.1. The molecule has 0 bridgehead atoms. The van der Waals surface area contributed by atoms with Gasteiger partial charge in [0.2, 0.25) is 0 Å². The topological polar surface area (TPSA) is 55.2 Å². The van der Waals surface area contributed by atoms with Crippen molar-refractivity contribution in [2.75, 3.05) is 5.32 Å². The number of benzene rings is 1. The lowest BCUT2D eigenvalue weighted by Crippen LogP contribution is -2.07. The first-order valence-corrected chi connectivity index (χ1v) is 6.98. The molecular formula is C13H13ClN2O2S. The summed E-state index contributed by atoms with van der Waals surface area (Å²) in [6, 6.07) is 6.86. The Morgan fingerprint density at radius 1 is 1.42 bits per heavy atom. The number of thiophene rings is 1. The number of aryl methyl sites for hydroxylation is 1. The molecule has 0 aliphatic rings. The summed E-state index contributed by atoms with van der Waals surface area (Å²) in [5.41, 5.74) is 2.60. The predicted molar refractivity (Wildman–Crippen MR) is 79.2 cm³/mol. The van der Waals surface area contributed by atoms with Crippen LogP contribution in [0, 0.1) is 17.0 Å². The van der Waals surface area contributed by atoms with E-state index in [1.807, 2.05) is 25.3 Å². The summed E-state index contributed by atoms with van der Waals surface area (Å²) in [5, 5.41) is 16.1. The zero-order chi connectivity index (χ0) is 14.0. The number of nitro groups is 1. The van der Waals surface area contributed by atoms with Gasteiger partial charge in [0.05, 0.1) is 9.26 Å². The molecule has 0 aliphatic heterocycles. The van der Waals surface area contributed by atoms with Gasteiger partial charge in [0.1, 0.15) is 5.69 Å². The second-order valence-electron chi connectivity index (χ2n) is 4.33. The smallest absolute Gasteiger partial charge is 0.292 e. The first kappa shape index (κ1) is 13.8. The van der Waals surface area contributed by atoms with Gasteiger partial charge in [-0.2, -0.15) is 0 Å². The molecule has 0 saturated carbocycles. The van der Waals surface area contributed by atoms with Crippen molar-refractivity contribution in [1.82, 2.24) is 0 Å². The maximum atomic E-state index is 11.0. The molecule has 0 radical (unpaired) electrons. The molecule has 1 aromatic heterocycles. The van der Waals surface area contributed by atoms with E-state index < -0.39 is 0 Å².